The van der Waals surface area contributed by atoms with Crippen LogP contribution < -0.4 is 10.6 Å². The monoisotopic (exact) mass is 271 g/mol. The largest absolute Gasteiger partial charge is 0.468 e. The number of para-hydroxylation sites is 1. The first kappa shape index (κ1) is 13.2. The Bertz CT molecular complexity index is 504. The zero-order valence-corrected chi connectivity index (χ0v) is 11.6. The quantitative estimate of drug-likeness (QED) is 0.925. The molecule has 0 unspecified atom stereocenters. The molecule has 3 rings (SSSR count). The Morgan fingerprint density at radius 2 is 1.75 bits per heavy atom. The minimum absolute atomic E-state index is 0.197. The van der Waals surface area contributed by atoms with Crippen molar-refractivity contribution in [2.45, 2.75) is 6.04 Å². The summed E-state index contributed by atoms with van der Waals surface area (Å²) in [5, 5.41) is 0. The molecule has 0 radical (unpaired) electrons. The predicted octanol–water partition coefficient (Wildman–Crippen LogP) is 2.10. The fourth-order valence-electron chi connectivity index (χ4n) is 2.86. The molecule has 2 heterocycles. The average Bonchev–Trinajstić information content (AvgIpc) is 3.04. The molecule has 1 aromatic heterocycles. The molecular weight excluding hydrogens is 250 g/mol. The van der Waals surface area contributed by atoms with Gasteiger partial charge in [-0.25, -0.2) is 0 Å². The van der Waals surface area contributed by atoms with Crippen molar-refractivity contribution in [1.29, 1.82) is 0 Å². The molecule has 4 nitrogen and oxygen atoms in total. The van der Waals surface area contributed by atoms with Gasteiger partial charge in [0, 0.05) is 38.4 Å². The van der Waals surface area contributed by atoms with Crippen molar-refractivity contribution in [2.24, 2.45) is 5.73 Å². The highest BCUT2D eigenvalue weighted by atomic mass is 16.3. The zero-order chi connectivity index (χ0) is 13.8. The summed E-state index contributed by atoms with van der Waals surface area (Å²) in [5.41, 5.74) is 7.23. The normalized spacial score (nSPS) is 18.1. The molecule has 2 N–H and O–H groups in total. The van der Waals surface area contributed by atoms with E-state index < -0.39 is 0 Å². The Morgan fingerprint density at radius 3 is 2.35 bits per heavy atom. The van der Waals surface area contributed by atoms with Gasteiger partial charge in [-0.15, -0.1) is 0 Å². The molecule has 2 aromatic rings. The molecule has 1 aliphatic rings. The maximum absolute atomic E-state index is 5.93. The summed E-state index contributed by atoms with van der Waals surface area (Å²) < 4.78 is 5.52. The summed E-state index contributed by atoms with van der Waals surface area (Å²) in [6.45, 7) is 4.68. The van der Waals surface area contributed by atoms with Crippen molar-refractivity contribution in [3.05, 3.63) is 54.5 Å². The van der Waals surface area contributed by atoms with Crippen LogP contribution in [0.4, 0.5) is 5.69 Å². The fourth-order valence-corrected chi connectivity index (χ4v) is 2.86. The highest BCUT2D eigenvalue weighted by Crippen LogP contribution is 2.23. The van der Waals surface area contributed by atoms with Gasteiger partial charge in [0.15, 0.2) is 0 Å². The van der Waals surface area contributed by atoms with Gasteiger partial charge in [-0.3, -0.25) is 4.90 Å². The number of nitrogens with zero attached hydrogens (tertiary/aromatic N) is 2. The smallest absolute Gasteiger partial charge is 0.122 e. The second-order valence-electron chi connectivity index (χ2n) is 5.13. The molecule has 20 heavy (non-hydrogen) atoms. The Balaban J connectivity index is 1.63. The van der Waals surface area contributed by atoms with Gasteiger partial charge in [-0.1, -0.05) is 18.2 Å². The summed E-state index contributed by atoms with van der Waals surface area (Å²) in [4.78, 5) is 4.84. The van der Waals surface area contributed by atoms with Crippen LogP contribution >= 0.6 is 0 Å². The van der Waals surface area contributed by atoms with Gasteiger partial charge in [0.05, 0.1) is 12.3 Å². The summed E-state index contributed by atoms with van der Waals surface area (Å²) in [7, 11) is 0. The van der Waals surface area contributed by atoms with E-state index in [2.05, 4.69) is 40.1 Å². The summed E-state index contributed by atoms with van der Waals surface area (Å²) in [6, 6.07) is 14.7. The average molecular weight is 271 g/mol. The number of benzene rings is 1. The van der Waals surface area contributed by atoms with Crippen LogP contribution in [-0.2, 0) is 0 Å². The molecule has 0 aliphatic carbocycles. The Morgan fingerprint density at radius 1 is 1.00 bits per heavy atom. The van der Waals surface area contributed by atoms with Crippen molar-refractivity contribution in [3.63, 3.8) is 0 Å². The van der Waals surface area contributed by atoms with E-state index in [1.165, 1.54) is 5.69 Å². The first-order valence-electron chi connectivity index (χ1n) is 7.16. The Kier molecular flexibility index (Phi) is 4.04. The standard InChI is InChI=1S/C16H21N3O/c17-13-15(16-7-4-12-20-16)19-10-8-18(9-11-19)14-5-2-1-3-6-14/h1-7,12,15H,8-11,13,17H2/t15-/m0/s1. The molecule has 0 amide bonds. The zero-order valence-electron chi connectivity index (χ0n) is 11.6. The molecule has 106 valence electrons. The number of nitrogens with two attached hydrogens (primary N) is 1. The van der Waals surface area contributed by atoms with Crippen molar-refractivity contribution in [2.75, 3.05) is 37.6 Å². The van der Waals surface area contributed by atoms with Crippen LogP contribution in [0.5, 0.6) is 0 Å². The molecule has 1 aliphatic heterocycles. The highest BCUT2D eigenvalue weighted by Gasteiger charge is 2.25. The maximum Gasteiger partial charge on any atom is 0.122 e. The lowest BCUT2D eigenvalue weighted by atomic mass is 10.1. The van der Waals surface area contributed by atoms with E-state index in [1.807, 2.05) is 12.1 Å². The first-order valence-corrected chi connectivity index (χ1v) is 7.16. The Labute approximate surface area is 119 Å². The summed E-state index contributed by atoms with van der Waals surface area (Å²) >= 11 is 0. The lowest BCUT2D eigenvalue weighted by Gasteiger charge is -2.39. The van der Waals surface area contributed by atoms with E-state index in [-0.39, 0.29) is 6.04 Å². The third-order valence-corrected chi connectivity index (χ3v) is 3.97. The van der Waals surface area contributed by atoms with E-state index in [0.29, 0.717) is 6.54 Å². The lowest BCUT2D eigenvalue weighted by molar-refractivity contribution is 0.169. The van der Waals surface area contributed by atoms with Crippen LogP contribution in [0.2, 0.25) is 0 Å². The lowest BCUT2D eigenvalue weighted by Crippen LogP contribution is -2.49. The van der Waals surface area contributed by atoms with Gasteiger partial charge in [0.2, 0.25) is 0 Å². The van der Waals surface area contributed by atoms with Crippen molar-refractivity contribution >= 4 is 5.69 Å². The molecule has 0 saturated carbocycles. The van der Waals surface area contributed by atoms with Gasteiger partial charge in [0.25, 0.3) is 0 Å². The second kappa shape index (κ2) is 6.11. The molecule has 1 aromatic carbocycles. The SMILES string of the molecule is NC[C@@H](c1ccco1)N1CCN(c2ccccc2)CC1. The van der Waals surface area contributed by atoms with Crippen molar-refractivity contribution in [1.82, 2.24) is 4.90 Å². The minimum Gasteiger partial charge on any atom is -0.468 e. The highest BCUT2D eigenvalue weighted by molar-refractivity contribution is 5.46. The molecule has 1 fully saturated rings. The maximum atomic E-state index is 5.93. The van der Waals surface area contributed by atoms with Crippen LogP contribution in [0.25, 0.3) is 0 Å². The third kappa shape index (κ3) is 2.71. The van der Waals surface area contributed by atoms with Gasteiger partial charge in [0.1, 0.15) is 5.76 Å². The predicted molar refractivity (Wildman–Crippen MR) is 80.7 cm³/mol. The minimum atomic E-state index is 0.197. The van der Waals surface area contributed by atoms with Crippen molar-refractivity contribution in [3.8, 4) is 0 Å². The number of furan rings is 1. The number of hydrogen-bond donors (Lipinski definition) is 1. The number of piperazine rings is 1. The van der Waals surface area contributed by atoms with Gasteiger partial charge < -0.3 is 15.1 Å². The second-order valence-corrected chi connectivity index (χ2v) is 5.13. The van der Waals surface area contributed by atoms with Crippen LogP contribution in [-0.4, -0.2) is 37.6 Å². The summed E-state index contributed by atoms with van der Waals surface area (Å²) in [6.07, 6.45) is 1.72. The fraction of sp³-hybridized carbons (Fsp3) is 0.375. The molecule has 1 saturated heterocycles. The van der Waals surface area contributed by atoms with Crippen molar-refractivity contribution < 1.29 is 4.42 Å². The first-order chi connectivity index (χ1) is 9.88. The molecule has 4 heteroatoms. The van der Waals surface area contributed by atoms with E-state index >= 15 is 0 Å². The number of rotatable bonds is 4. The Hall–Kier alpha value is -1.78. The third-order valence-electron chi connectivity index (χ3n) is 3.97. The molecule has 0 bridgehead atoms. The van der Waals surface area contributed by atoms with Gasteiger partial charge >= 0.3 is 0 Å². The number of anilines is 1. The van der Waals surface area contributed by atoms with Gasteiger partial charge in [-0.2, -0.15) is 0 Å². The van der Waals surface area contributed by atoms with Crippen LogP contribution in [0.15, 0.2) is 53.1 Å². The summed E-state index contributed by atoms with van der Waals surface area (Å²) in [5.74, 6) is 0.973. The van der Waals surface area contributed by atoms with Crippen LogP contribution in [0, 0.1) is 0 Å². The van der Waals surface area contributed by atoms with Crippen LogP contribution in [0.1, 0.15) is 11.8 Å². The molecule has 0 spiro atoms. The molecule has 1 atom stereocenters. The van der Waals surface area contributed by atoms with E-state index in [0.717, 1.165) is 31.9 Å². The molecular formula is C16H21N3O. The number of hydrogen-bond acceptors (Lipinski definition) is 4. The topological polar surface area (TPSA) is 45.6 Å². The van der Waals surface area contributed by atoms with E-state index in [4.69, 9.17) is 10.2 Å². The van der Waals surface area contributed by atoms with E-state index in [9.17, 15) is 0 Å². The van der Waals surface area contributed by atoms with E-state index in [1.54, 1.807) is 6.26 Å². The van der Waals surface area contributed by atoms with Gasteiger partial charge in [-0.05, 0) is 24.3 Å². The van der Waals surface area contributed by atoms with Crippen LogP contribution in [0.3, 0.4) is 0 Å².